The van der Waals surface area contributed by atoms with Crippen molar-refractivity contribution in [2.75, 3.05) is 19.6 Å². The van der Waals surface area contributed by atoms with E-state index in [1.807, 2.05) is 24.8 Å². The summed E-state index contributed by atoms with van der Waals surface area (Å²) in [6.45, 7) is 6.10. The van der Waals surface area contributed by atoms with Crippen molar-refractivity contribution in [1.82, 2.24) is 14.4 Å². The third-order valence-electron chi connectivity index (χ3n) is 5.47. The summed E-state index contributed by atoms with van der Waals surface area (Å²) in [5.74, 6) is 0.278. The number of hydrogen-bond acceptors (Lipinski definition) is 3. The van der Waals surface area contributed by atoms with E-state index in [2.05, 4.69) is 0 Å². The molecule has 0 aromatic carbocycles. The van der Waals surface area contributed by atoms with Gasteiger partial charge in [0.1, 0.15) is 5.56 Å². The molecule has 2 aliphatic rings. The zero-order valence-electron chi connectivity index (χ0n) is 15.3. The Labute approximate surface area is 148 Å². The largest absolute Gasteiger partial charge is 0.340 e. The van der Waals surface area contributed by atoms with Gasteiger partial charge in [0.2, 0.25) is 5.91 Å². The Balaban J connectivity index is 1.70. The fraction of sp³-hybridized carbons (Fsp3) is 0.632. The number of pyridine rings is 1. The summed E-state index contributed by atoms with van der Waals surface area (Å²) in [6, 6.07) is 3.77. The number of rotatable bonds is 3. The van der Waals surface area contributed by atoms with Crippen molar-refractivity contribution in [3.05, 3.63) is 33.7 Å². The number of hydrogen-bond donors (Lipinski definition) is 0. The molecule has 0 atom stereocenters. The number of carbonyl (C=O) groups excluding carboxylic acids is 2. The number of carbonyl (C=O) groups is 2. The van der Waals surface area contributed by atoms with Crippen LogP contribution in [0.25, 0.3) is 0 Å². The van der Waals surface area contributed by atoms with Crippen LogP contribution in [-0.4, -0.2) is 51.9 Å². The molecular weight excluding hydrogens is 318 g/mol. The monoisotopic (exact) mass is 345 g/mol. The second-order valence-electron chi connectivity index (χ2n) is 7.40. The summed E-state index contributed by atoms with van der Waals surface area (Å²) in [5, 5.41) is 0. The average molecular weight is 345 g/mol. The molecule has 3 heterocycles. The van der Waals surface area contributed by atoms with E-state index in [1.54, 1.807) is 22.6 Å². The number of likely N-dealkylation sites (tertiary alicyclic amines) is 2. The van der Waals surface area contributed by atoms with E-state index in [0.29, 0.717) is 19.5 Å². The molecule has 2 aliphatic heterocycles. The molecule has 1 aromatic heterocycles. The first-order valence-electron chi connectivity index (χ1n) is 9.19. The van der Waals surface area contributed by atoms with Crippen molar-refractivity contribution in [2.24, 2.45) is 7.05 Å². The van der Waals surface area contributed by atoms with Gasteiger partial charge in [-0.05, 0) is 37.3 Å². The standard InChI is InChI=1S/C19H27N3O3/c1-13(2)16-7-6-15(18(24)20(16)3)19(25)21-11-8-14(9-12-21)22-10-4-5-17(22)23/h6-7,13-14H,4-5,8-12H2,1-3H3. The molecule has 0 spiro atoms. The number of aromatic nitrogens is 1. The molecule has 0 N–H and O–H groups in total. The van der Waals surface area contributed by atoms with Gasteiger partial charge in [0.05, 0.1) is 0 Å². The van der Waals surface area contributed by atoms with E-state index in [-0.39, 0.29) is 34.9 Å². The van der Waals surface area contributed by atoms with Crippen LogP contribution in [0.1, 0.15) is 61.5 Å². The maximum atomic E-state index is 12.8. The van der Waals surface area contributed by atoms with Crippen LogP contribution >= 0.6 is 0 Å². The summed E-state index contributed by atoms with van der Waals surface area (Å²) in [7, 11) is 1.72. The molecule has 0 unspecified atom stereocenters. The van der Waals surface area contributed by atoms with E-state index >= 15 is 0 Å². The topological polar surface area (TPSA) is 62.6 Å². The Morgan fingerprint density at radius 3 is 2.36 bits per heavy atom. The van der Waals surface area contributed by atoms with Crippen LogP contribution in [0.5, 0.6) is 0 Å². The quantitative estimate of drug-likeness (QED) is 0.838. The van der Waals surface area contributed by atoms with Crippen LogP contribution in [-0.2, 0) is 11.8 Å². The highest BCUT2D eigenvalue weighted by Crippen LogP contribution is 2.23. The minimum atomic E-state index is -0.229. The van der Waals surface area contributed by atoms with Gasteiger partial charge in [0.25, 0.3) is 11.5 Å². The Kier molecular flexibility index (Phi) is 4.97. The molecule has 25 heavy (non-hydrogen) atoms. The van der Waals surface area contributed by atoms with Crippen LogP contribution in [0.3, 0.4) is 0 Å². The minimum absolute atomic E-state index is 0.192. The van der Waals surface area contributed by atoms with Crippen LogP contribution in [0.4, 0.5) is 0 Å². The maximum Gasteiger partial charge on any atom is 0.263 e. The van der Waals surface area contributed by atoms with Gasteiger partial charge in [-0.2, -0.15) is 0 Å². The molecule has 136 valence electrons. The molecule has 6 nitrogen and oxygen atoms in total. The van der Waals surface area contributed by atoms with Crippen molar-refractivity contribution < 1.29 is 9.59 Å². The minimum Gasteiger partial charge on any atom is -0.340 e. The molecule has 0 saturated carbocycles. The number of nitrogens with zero attached hydrogens (tertiary/aromatic N) is 3. The first kappa shape index (κ1) is 17.7. The fourth-order valence-corrected chi connectivity index (χ4v) is 4.00. The summed E-state index contributed by atoms with van der Waals surface area (Å²) in [4.78, 5) is 40.9. The van der Waals surface area contributed by atoms with E-state index in [9.17, 15) is 14.4 Å². The van der Waals surface area contributed by atoms with Crippen molar-refractivity contribution >= 4 is 11.8 Å². The molecule has 0 radical (unpaired) electrons. The molecule has 0 bridgehead atoms. The van der Waals surface area contributed by atoms with Gasteiger partial charge < -0.3 is 14.4 Å². The van der Waals surface area contributed by atoms with Gasteiger partial charge >= 0.3 is 0 Å². The van der Waals surface area contributed by atoms with Crippen molar-refractivity contribution in [3.8, 4) is 0 Å². The third-order valence-corrected chi connectivity index (χ3v) is 5.47. The zero-order valence-corrected chi connectivity index (χ0v) is 15.3. The van der Waals surface area contributed by atoms with Gasteiger partial charge in [0.15, 0.2) is 0 Å². The summed E-state index contributed by atoms with van der Waals surface area (Å²) in [6.07, 6.45) is 3.18. The maximum absolute atomic E-state index is 12.8. The first-order chi connectivity index (χ1) is 11.9. The van der Waals surface area contributed by atoms with Crippen LogP contribution < -0.4 is 5.56 Å². The van der Waals surface area contributed by atoms with E-state index in [4.69, 9.17) is 0 Å². The molecule has 2 amide bonds. The van der Waals surface area contributed by atoms with E-state index in [1.165, 1.54) is 0 Å². The molecule has 3 rings (SSSR count). The van der Waals surface area contributed by atoms with Gasteiger partial charge in [-0.25, -0.2) is 0 Å². The second-order valence-corrected chi connectivity index (χ2v) is 7.40. The average Bonchev–Trinajstić information content (AvgIpc) is 3.02. The molecule has 6 heteroatoms. The van der Waals surface area contributed by atoms with Crippen molar-refractivity contribution in [3.63, 3.8) is 0 Å². The van der Waals surface area contributed by atoms with Gasteiger partial charge in [-0.1, -0.05) is 13.8 Å². The lowest BCUT2D eigenvalue weighted by Gasteiger charge is -2.36. The molecule has 2 saturated heterocycles. The van der Waals surface area contributed by atoms with Gasteiger partial charge in [-0.15, -0.1) is 0 Å². The third kappa shape index (κ3) is 3.34. The number of piperidine rings is 1. The van der Waals surface area contributed by atoms with Crippen molar-refractivity contribution in [2.45, 2.75) is 51.5 Å². The van der Waals surface area contributed by atoms with Crippen LogP contribution in [0.2, 0.25) is 0 Å². The Morgan fingerprint density at radius 1 is 1.12 bits per heavy atom. The normalized spacial score (nSPS) is 19.1. The van der Waals surface area contributed by atoms with Crippen molar-refractivity contribution in [1.29, 1.82) is 0 Å². The van der Waals surface area contributed by atoms with Crippen LogP contribution in [0.15, 0.2) is 16.9 Å². The number of amides is 2. The lowest BCUT2D eigenvalue weighted by Crippen LogP contribution is -2.48. The first-order valence-corrected chi connectivity index (χ1v) is 9.19. The Hall–Kier alpha value is -2.11. The summed E-state index contributed by atoms with van der Waals surface area (Å²) < 4.78 is 1.58. The molecule has 1 aromatic rings. The lowest BCUT2D eigenvalue weighted by molar-refractivity contribution is -0.130. The smallest absolute Gasteiger partial charge is 0.263 e. The summed E-state index contributed by atoms with van der Waals surface area (Å²) in [5.41, 5.74) is 0.934. The SMILES string of the molecule is CC(C)c1ccc(C(=O)N2CCC(N3CCCC3=O)CC2)c(=O)n1C. The lowest BCUT2D eigenvalue weighted by atomic mass is 10.0. The molecule has 2 fully saturated rings. The predicted octanol–water partition coefficient (Wildman–Crippen LogP) is 1.74. The highest BCUT2D eigenvalue weighted by molar-refractivity contribution is 5.94. The second kappa shape index (κ2) is 7.02. The molecule has 0 aliphatic carbocycles. The van der Waals surface area contributed by atoms with Crippen LogP contribution in [0, 0.1) is 0 Å². The molecular formula is C19H27N3O3. The summed E-state index contributed by atoms with van der Waals surface area (Å²) >= 11 is 0. The highest BCUT2D eigenvalue weighted by atomic mass is 16.2. The van der Waals surface area contributed by atoms with E-state index in [0.717, 1.165) is 31.5 Å². The Morgan fingerprint density at radius 2 is 1.80 bits per heavy atom. The Bertz CT molecular complexity index is 730. The fourth-order valence-electron chi connectivity index (χ4n) is 4.00. The highest BCUT2D eigenvalue weighted by Gasteiger charge is 2.32. The van der Waals surface area contributed by atoms with Gasteiger partial charge in [0, 0.05) is 44.8 Å². The van der Waals surface area contributed by atoms with Gasteiger partial charge in [-0.3, -0.25) is 14.4 Å². The van der Waals surface area contributed by atoms with E-state index < -0.39 is 0 Å². The zero-order chi connectivity index (χ0) is 18.1. The predicted molar refractivity (Wildman–Crippen MR) is 95.6 cm³/mol.